The summed E-state index contributed by atoms with van der Waals surface area (Å²) in [6.07, 6.45) is 5.21. The van der Waals surface area contributed by atoms with Gasteiger partial charge in [0.15, 0.2) is 5.65 Å². The molecule has 0 amide bonds. The highest BCUT2D eigenvalue weighted by Crippen LogP contribution is 2.37. The first-order valence-corrected chi connectivity index (χ1v) is 8.47. The third-order valence-corrected chi connectivity index (χ3v) is 4.88. The lowest BCUT2D eigenvalue weighted by Gasteiger charge is -2.34. The SMILES string of the molecule is CC1CC(Nc2nc(N)nc3[nH]ncc23)CC(c2ccccc2)C1. The van der Waals surface area contributed by atoms with Crippen molar-refractivity contribution in [1.82, 2.24) is 20.2 Å². The lowest BCUT2D eigenvalue weighted by Crippen LogP contribution is -2.30. The number of benzene rings is 1. The van der Waals surface area contributed by atoms with Crippen LogP contribution in [0.15, 0.2) is 36.5 Å². The van der Waals surface area contributed by atoms with Gasteiger partial charge in [0.05, 0.1) is 11.6 Å². The van der Waals surface area contributed by atoms with Crippen molar-refractivity contribution >= 4 is 22.8 Å². The van der Waals surface area contributed by atoms with Crippen molar-refractivity contribution in [2.24, 2.45) is 5.92 Å². The monoisotopic (exact) mass is 322 g/mol. The molecule has 124 valence electrons. The molecule has 0 saturated heterocycles. The minimum absolute atomic E-state index is 0.262. The molecule has 2 aromatic heterocycles. The number of nitrogen functional groups attached to an aromatic ring is 1. The summed E-state index contributed by atoms with van der Waals surface area (Å²) in [5.74, 6) is 2.28. The molecule has 0 spiro atoms. The van der Waals surface area contributed by atoms with Crippen LogP contribution in [-0.2, 0) is 0 Å². The Labute approximate surface area is 140 Å². The van der Waals surface area contributed by atoms with Crippen LogP contribution in [0, 0.1) is 5.92 Å². The molecule has 0 bridgehead atoms. The van der Waals surface area contributed by atoms with Crippen molar-refractivity contribution in [3.63, 3.8) is 0 Å². The van der Waals surface area contributed by atoms with E-state index in [-0.39, 0.29) is 5.95 Å². The predicted molar refractivity (Wildman–Crippen MR) is 95.7 cm³/mol. The van der Waals surface area contributed by atoms with Gasteiger partial charge in [0.2, 0.25) is 5.95 Å². The van der Waals surface area contributed by atoms with Crippen molar-refractivity contribution in [2.45, 2.75) is 38.1 Å². The van der Waals surface area contributed by atoms with Crippen molar-refractivity contribution in [2.75, 3.05) is 11.1 Å². The summed E-state index contributed by atoms with van der Waals surface area (Å²) >= 11 is 0. The molecule has 4 N–H and O–H groups in total. The summed E-state index contributed by atoms with van der Waals surface area (Å²) in [5, 5.41) is 11.4. The molecule has 1 saturated carbocycles. The van der Waals surface area contributed by atoms with Crippen LogP contribution in [0.5, 0.6) is 0 Å². The number of anilines is 2. The van der Waals surface area contributed by atoms with E-state index in [1.165, 1.54) is 12.0 Å². The fraction of sp³-hybridized carbons (Fsp3) is 0.389. The molecule has 3 unspecified atom stereocenters. The number of hydrogen-bond donors (Lipinski definition) is 3. The van der Waals surface area contributed by atoms with Gasteiger partial charge in [-0.2, -0.15) is 15.1 Å². The Bertz CT molecular complexity index is 828. The normalized spacial score (nSPS) is 24.1. The quantitative estimate of drug-likeness (QED) is 0.688. The van der Waals surface area contributed by atoms with Gasteiger partial charge in [0.25, 0.3) is 0 Å². The second-order valence-corrected chi connectivity index (χ2v) is 6.82. The summed E-state index contributed by atoms with van der Waals surface area (Å²) in [6, 6.07) is 11.2. The van der Waals surface area contributed by atoms with E-state index < -0.39 is 0 Å². The second-order valence-electron chi connectivity index (χ2n) is 6.82. The van der Waals surface area contributed by atoms with E-state index in [1.807, 2.05) is 0 Å². The van der Waals surface area contributed by atoms with E-state index in [2.05, 4.69) is 62.7 Å². The molecule has 3 aromatic rings. The van der Waals surface area contributed by atoms with Crippen molar-refractivity contribution in [3.05, 3.63) is 42.1 Å². The number of aromatic amines is 1. The van der Waals surface area contributed by atoms with E-state index in [0.717, 1.165) is 24.0 Å². The summed E-state index contributed by atoms with van der Waals surface area (Å²) in [6.45, 7) is 2.32. The fourth-order valence-corrected chi connectivity index (χ4v) is 3.87. The van der Waals surface area contributed by atoms with Crippen LogP contribution in [0.3, 0.4) is 0 Å². The Hall–Kier alpha value is -2.63. The van der Waals surface area contributed by atoms with E-state index in [9.17, 15) is 0 Å². The van der Waals surface area contributed by atoms with Gasteiger partial charge in [-0.05, 0) is 36.7 Å². The van der Waals surface area contributed by atoms with Crippen LogP contribution in [0.2, 0.25) is 0 Å². The van der Waals surface area contributed by atoms with Crippen LogP contribution < -0.4 is 11.1 Å². The average molecular weight is 322 g/mol. The highest BCUT2D eigenvalue weighted by atomic mass is 15.2. The molecule has 3 atom stereocenters. The predicted octanol–water partition coefficient (Wildman–Crippen LogP) is 3.32. The number of rotatable bonds is 3. The number of nitrogens with one attached hydrogen (secondary N) is 2. The van der Waals surface area contributed by atoms with Crippen LogP contribution >= 0.6 is 0 Å². The van der Waals surface area contributed by atoms with Crippen LogP contribution in [0.1, 0.15) is 37.7 Å². The van der Waals surface area contributed by atoms with Gasteiger partial charge in [-0.15, -0.1) is 0 Å². The average Bonchev–Trinajstić information content (AvgIpc) is 3.03. The Morgan fingerprint density at radius 1 is 1.12 bits per heavy atom. The molecule has 2 heterocycles. The zero-order valence-electron chi connectivity index (χ0n) is 13.7. The number of aromatic nitrogens is 4. The first-order chi connectivity index (χ1) is 11.7. The molecular weight excluding hydrogens is 300 g/mol. The maximum absolute atomic E-state index is 5.82. The Morgan fingerprint density at radius 2 is 1.96 bits per heavy atom. The van der Waals surface area contributed by atoms with Crippen LogP contribution in [0.25, 0.3) is 11.0 Å². The van der Waals surface area contributed by atoms with Crippen molar-refractivity contribution < 1.29 is 0 Å². The van der Waals surface area contributed by atoms with Gasteiger partial charge in [0, 0.05) is 6.04 Å². The molecule has 1 fully saturated rings. The molecule has 1 aromatic carbocycles. The Morgan fingerprint density at radius 3 is 2.79 bits per heavy atom. The third kappa shape index (κ3) is 2.91. The van der Waals surface area contributed by atoms with E-state index in [4.69, 9.17) is 5.73 Å². The van der Waals surface area contributed by atoms with Crippen molar-refractivity contribution in [3.8, 4) is 0 Å². The standard InChI is InChI=1S/C18H22N6/c1-11-7-13(12-5-3-2-4-6-12)9-14(8-11)21-16-15-10-20-24-17(15)23-18(19)22-16/h2-6,10-11,13-14H,7-9H2,1H3,(H4,19,20,21,22,23,24). The second kappa shape index (κ2) is 6.11. The first kappa shape index (κ1) is 14.9. The maximum Gasteiger partial charge on any atom is 0.224 e. The van der Waals surface area contributed by atoms with Crippen molar-refractivity contribution in [1.29, 1.82) is 0 Å². The maximum atomic E-state index is 5.82. The summed E-state index contributed by atoms with van der Waals surface area (Å²) in [4.78, 5) is 8.56. The first-order valence-electron chi connectivity index (χ1n) is 8.47. The molecule has 6 nitrogen and oxygen atoms in total. The van der Waals surface area contributed by atoms with Gasteiger partial charge >= 0.3 is 0 Å². The summed E-state index contributed by atoms with van der Waals surface area (Å²) < 4.78 is 0. The highest BCUT2D eigenvalue weighted by molar-refractivity contribution is 5.86. The molecule has 0 aliphatic heterocycles. The largest absolute Gasteiger partial charge is 0.368 e. The number of hydrogen-bond acceptors (Lipinski definition) is 5. The summed E-state index contributed by atoms with van der Waals surface area (Å²) in [5.41, 5.74) is 7.92. The number of nitrogens with zero attached hydrogens (tertiary/aromatic N) is 3. The Kier molecular flexibility index (Phi) is 3.80. The van der Waals surface area contributed by atoms with Gasteiger partial charge in [-0.25, -0.2) is 0 Å². The minimum Gasteiger partial charge on any atom is -0.368 e. The Balaban J connectivity index is 1.58. The van der Waals surface area contributed by atoms with Crippen LogP contribution in [-0.4, -0.2) is 26.2 Å². The minimum atomic E-state index is 0.262. The highest BCUT2D eigenvalue weighted by Gasteiger charge is 2.28. The number of nitrogens with two attached hydrogens (primary N) is 1. The van der Waals surface area contributed by atoms with Gasteiger partial charge in [-0.3, -0.25) is 5.10 Å². The zero-order valence-corrected chi connectivity index (χ0v) is 13.7. The van der Waals surface area contributed by atoms with Crippen LogP contribution in [0.4, 0.5) is 11.8 Å². The van der Waals surface area contributed by atoms with E-state index >= 15 is 0 Å². The smallest absolute Gasteiger partial charge is 0.224 e. The molecule has 24 heavy (non-hydrogen) atoms. The number of fused-ring (bicyclic) bond motifs is 1. The molecule has 4 rings (SSSR count). The molecule has 6 heteroatoms. The lowest BCUT2D eigenvalue weighted by molar-refractivity contribution is 0.320. The number of H-pyrrole nitrogens is 1. The third-order valence-electron chi connectivity index (χ3n) is 4.88. The topological polar surface area (TPSA) is 92.5 Å². The summed E-state index contributed by atoms with van der Waals surface area (Å²) in [7, 11) is 0. The molecule has 1 aliphatic rings. The molecule has 1 aliphatic carbocycles. The van der Waals surface area contributed by atoms with E-state index in [0.29, 0.717) is 23.5 Å². The zero-order chi connectivity index (χ0) is 16.5. The fourth-order valence-electron chi connectivity index (χ4n) is 3.87. The molecular formula is C18H22N6. The lowest BCUT2D eigenvalue weighted by atomic mass is 9.76. The van der Waals surface area contributed by atoms with Gasteiger partial charge in [-0.1, -0.05) is 37.3 Å². The molecule has 0 radical (unpaired) electrons. The van der Waals surface area contributed by atoms with Gasteiger partial charge < -0.3 is 11.1 Å². The van der Waals surface area contributed by atoms with E-state index in [1.54, 1.807) is 6.20 Å². The van der Waals surface area contributed by atoms with Gasteiger partial charge in [0.1, 0.15) is 5.82 Å².